The van der Waals surface area contributed by atoms with E-state index in [1.165, 1.54) is 37.1 Å². The van der Waals surface area contributed by atoms with Crippen LogP contribution in [0.1, 0.15) is 51.0 Å². The number of benzene rings is 1. The molecule has 29 heavy (non-hydrogen) atoms. The van der Waals surface area contributed by atoms with E-state index in [1.807, 2.05) is 4.90 Å². The Hall–Kier alpha value is -1.59. The minimum Gasteiger partial charge on any atom is -0.381 e. The quantitative estimate of drug-likeness (QED) is 0.781. The van der Waals surface area contributed by atoms with Crippen molar-refractivity contribution < 1.29 is 9.53 Å². The van der Waals surface area contributed by atoms with Gasteiger partial charge in [-0.25, -0.2) is 0 Å². The van der Waals surface area contributed by atoms with Gasteiger partial charge in [-0.2, -0.15) is 0 Å². The molecule has 2 atom stereocenters. The summed E-state index contributed by atoms with van der Waals surface area (Å²) in [6.45, 7) is 10.4. The van der Waals surface area contributed by atoms with E-state index in [4.69, 9.17) is 4.74 Å². The molecule has 1 aromatic rings. The number of anilines is 2. The lowest BCUT2D eigenvalue weighted by molar-refractivity contribution is -0.130. The van der Waals surface area contributed by atoms with Gasteiger partial charge in [0.25, 0.3) is 0 Å². The maximum atomic E-state index is 13.3. The molecule has 4 aliphatic rings. The zero-order valence-corrected chi connectivity index (χ0v) is 18.0. The van der Waals surface area contributed by atoms with Crippen LogP contribution >= 0.6 is 0 Å². The number of rotatable bonds is 3. The second kappa shape index (κ2) is 7.59. The predicted molar refractivity (Wildman–Crippen MR) is 117 cm³/mol. The smallest absolute Gasteiger partial charge is 0.233 e. The highest BCUT2D eigenvalue weighted by Crippen LogP contribution is 2.43. The summed E-state index contributed by atoms with van der Waals surface area (Å²) < 4.78 is 5.51. The summed E-state index contributed by atoms with van der Waals surface area (Å²) in [7, 11) is 0. The summed E-state index contributed by atoms with van der Waals surface area (Å²) in [5.41, 5.74) is 3.47. The Morgan fingerprint density at radius 2 is 1.90 bits per heavy atom. The van der Waals surface area contributed by atoms with Crippen LogP contribution in [0.4, 0.5) is 11.4 Å². The SMILES string of the molecule is Cc1cc(N2CC[C@H](N3CCC[C@H]3C)C2)ccc1N1CCC2(CCOCC2)C1=O. The topological polar surface area (TPSA) is 36.0 Å². The monoisotopic (exact) mass is 397 g/mol. The maximum absolute atomic E-state index is 13.3. The van der Waals surface area contributed by atoms with E-state index in [9.17, 15) is 4.79 Å². The molecule has 4 fully saturated rings. The lowest BCUT2D eigenvalue weighted by atomic mass is 9.79. The van der Waals surface area contributed by atoms with Gasteiger partial charge in [-0.15, -0.1) is 0 Å². The lowest BCUT2D eigenvalue weighted by Gasteiger charge is -2.32. The minimum absolute atomic E-state index is 0.169. The van der Waals surface area contributed by atoms with Crippen LogP contribution in [0, 0.1) is 12.3 Å². The van der Waals surface area contributed by atoms with Crippen LogP contribution in [-0.2, 0) is 9.53 Å². The molecule has 1 amide bonds. The van der Waals surface area contributed by atoms with E-state index >= 15 is 0 Å². The molecule has 0 aliphatic carbocycles. The molecule has 158 valence electrons. The van der Waals surface area contributed by atoms with Crippen LogP contribution in [0.2, 0.25) is 0 Å². The number of likely N-dealkylation sites (tertiary alicyclic amines) is 1. The second-order valence-corrected chi connectivity index (χ2v) is 9.69. The molecule has 0 radical (unpaired) electrons. The Labute approximate surface area is 175 Å². The van der Waals surface area contributed by atoms with Gasteiger partial charge in [-0.05, 0) is 82.7 Å². The molecule has 5 nitrogen and oxygen atoms in total. The largest absolute Gasteiger partial charge is 0.381 e. The molecule has 0 saturated carbocycles. The number of ether oxygens (including phenoxy) is 1. The second-order valence-electron chi connectivity index (χ2n) is 9.69. The number of carbonyl (C=O) groups is 1. The molecule has 4 saturated heterocycles. The Morgan fingerprint density at radius 3 is 2.62 bits per heavy atom. The number of carbonyl (C=O) groups excluding carboxylic acids is 1. The third kappa shape index (κ3) is 3.36. The normalized spacial score (nSPS) is 30.1. The van der Waals surface area contributed by atoms with E-state index in [0.29, 0.717) is 11.9 Å². The van der Waals surface area contributed by atoms with E-state index in [1.54, 1.807) is 0 Å². The predicted octanol–water partition coefficient (Wildman–Crippen LogP) is 3.59. The average Bonchev–Trinajstić information content (AvgIpc) is 3.44. The zero-order valence-electron chi connectivity index (χ0n) is 18.0. The van der Waals surface area contributed by atoms with Crippen LogP contribution < -0.4 is 9.80 Å². The fourth-order valence-electron chi connectivity index (χ4n) is 6.16. The summed E-state index contributed by atoms with van der Waals surface area (Å²) in [4.78, 5) is 20.6. The number of amides is 1. The van der Waals surface area contributed by atoms with Gasteiger partial charge in [0.15, 0.2) is 0 Å². The first-order valence-corrected chi connectivity index (χ1v) is 11.6. The molecule has 1 spiro atoms. The number of nitrogens with zero attached hydrogens (tertiary/aromatic N) is 3. The van der Waals surface area contributed by atoms with Crippen molar-refractivity contribution in [3.63, 3.8) is 0 Å². The van der Waals surface area contributed by atoms with Crippen molar-refractivity contribution in [2.24, 2.45) is 5.41 Å². The van der Waals surface area contributed by atoms with Gasteiger partial charge >= 0.3 is 0 Å². The van der Waals surface area contributed by atoms with Crippen molar-refractivity contribution in [2.45, 2.75) is 64.5 Å². The summed E-state index contributed by atoms with van der Waals surface area (Å²) in [5, 5.41) is 0. The number of aryl methyl sites for hydroxylation is 1. The first-order valence-electron chi connectivity index (χ1n) is 11.6. The molecule has 5 rings (SSSR count). The van der Waals surface area contributed by atoms with Crippen molar-refractivity contribution in [3.8, 4) is 0 Å². The van der Waals surface area contributed by atoms with Crippen LogP contribution in [-0.4, -0.2) is 62.3 Å². The molecule has 4 heterocycles. The van der Waals surface area contributed by atoms with Gasteiger partial charge in [0.05, 0.1) is 5.41 Å². The van der Waals surface area contributed by atoms with Gasteiger partial charge in [-0.1, -0.05) is 0 Å². The third-order valence-electron chi connectivity index (χ3n) is 8.04. The van der Waals surface area contributed by atoms with Crippen molar-refractivity contribution in [2.75, 3.05) is 49.2 Å². The summed E-state index contributed by atoms with van der Waals surface area (Å²) >= 11 is 0. The van der Waals surface area contributed by atoms with Crippen LogP contribution in [0.25, 0.3) is 0 Å². The van der Waals surface area contributed by atoms with Crippen LogP contribution in [0.3, 0.4) is 0 Å². The van der Waals surface area contributed by atoms with Crippen molar-refractivity contribution >= 4 is 17.3 Å². The van der Waals surface area contributed by atoms with E-state index in [2.05, 4.69) is 41.8 Å². The first-order chi connectivity index (χ1) is 14.1. The van der Waals surface area contributed by atoms with Gasteiger partial charge < -0.3 is 14.5 Å². The van der Waals surface area contributed by atoms with E-state index in [-0.39, 0.29) is 5.41 Å². The average molecular weight is 398 g/mol. The Balaban J connectivity index is 1.29. The summed E-state index contributed by atoms with van der Waals surface area (Å²) in [6, 6.07) is 8.16. The summed E-state index contributed by atoms with van der Waals surface area (Å²) in [5.74, 6) is 0.320. The highest BCUT2D eigenvalue weighted by atomic mass is 16.5. The first kappa shape index (κ1) is 19.4. The fraction of sp³-hybridized carbons (Fsp3) is 0.708. The van der Waals surface area contributed by atoms with Crippen molar-refractivity contribution in [1.29, 1.82) is 0 Å². The summed E-state index contributed by atoms with van der Waals surface area (Å²) in [6.07, 6.45) is 6.69. The van der Waals surface area contributed by atoms with Crippen molar-refractivity contribution in [1.82, 2.24) is 4.90 Å². The molecule has 0 bridgehead atoms. The minimum atomic E-state index is -0.169. The maximum Gasteiger partial charge on any atom is 0.233 e. The van der Waals surface area contributed by atoms with Gasteiger partial charge in [0, 0.05) is 56.3 Å². The molecule has 1 aromatic carbocycles. The Morgan fingerprint density at radius 1 is 1.07 bits per heavy atom. The number of hydrogen-bond donors (Lipinski definition) is 0. The van der Waals surface area contributed by atoms with Gasteiger partial charge in [-0.3, -0.25) is 9.69 Å². The van der Waals surface area contributed by atoms with Crippen molar-refractivity contribution in [3.05, 3.63) is 23.8 Å². The highest BCUT2D eigenvalue weighted by molar-refractivity contribution is 6.00. The molecular formula is C24H35N3O2. The van der Waals surface area contributed by atoms with Gasteiger partial charge in [0.2, 0.25) is 5.91 Å². The Kier molecular flexibility index (Phi) is 5.07. The molecule has 0 unspecified atom stereocenters. The van der Waals surface area contributed by atoms with E-state index < -0.39 is 0 Å². The molecule has 4 aliphatic heterocycles. The molecule has 0 N–H and O–H groups in total. The van der Waals surface area contributed by atoms with E-state index in [0.717, 1.165) is 63.8 Å². The molecule has 5 heteroatoms. The third-order valence-corrected chi connectivity index (χ3v) is 8.04. The lowest BCUT2D eigenvalue weighted by Crippen LogP contribution is -2.39. The van der Waals surface area contributed by atoms with Crippen LogP contribution in [0.15, 0.2) is 18.2 Å². The molecule has 0 aromatic heterocycles. The highest BCUT2D eigenvalue weighted by Gasteiger charge is 2.48. The molecular weight excluding hydrogens is 362 g/mol. The fourth-order valence-corrected chi connectivity index (χ4v) is 6.16. The Bertz CT molecular complexity index is 773. The van der Waals surface area contributed by atoms with Crippen LogP contribution in [0.5, 0.6) is 0 Å². The number of hydrogen-bond acceptors (Lipinski definition) is 4. The van der Waals surface area contributed by atoms with Gasteiger partial charge in [0.1, 0.15) is 0 Å². The standard InChI is InChI=1S/C24H35N3O2/c1-18-16-20(25-12-7-21(17-25)26-11-3-4-19(26)2)5-6-22(18)27-13-8-24(23(27)28)9-14-29-15-10-24/h5-6,16,19,21H,3-4,7-15,17H2,1-2H3/t19-,21+/m1/s1. The zero-order chi connectivity index (χ0) is 20.0.